The van der Waals surface area contributed by atoms with E-state index in [4.69, 9.17) is 14.2 Å². The Labute approximate surface area is 312 Å². The molecule has 0 bridgehead atoms. The quantitative estimate of drug-likeness (QED) is 0.0815. The van der Waals surface area contributed by atoms with E-state index in [9.17, 15) is 19.2 Å². The fraction of sp³-hybridized carbons (Fsp3) is 0.415. The first-order valence-electron chi connectivity index (χ1n) is 18.0. The smallest absolute Gasteiger partial charge is 0.336 e. The molecule has 0 aromatic heterocycles. The van der Waals surface area contributed by atoms with Gasteiger partial charge in [-0.05, 0) is 69.3 Å². The van der Waals surface area contributed by atoms with Gasteiger partial charge in [-0.1, -0.05) is 78.9 Å². The number of carbonyl (C=O) groups is 4. The summed E-state index contributed by atoms with van der Waals surface area (Å²) in [6.45, 7) is 11.2. The van der Waals surface area contributed by atoms with Crippen LogP contribution in [0.2, 0.25) is 0 Å². The average molecular weight is 728 g/mol. The van der Waals surface area contributed by atoms with Crippen LogP contribution in [0.25, 0.3) is 21.5 Å². The molecule has 4 aromatic rings. The normalized spacial score (nSPS) is 12.8. The van der Waals surface area contributed by atoms with Crippen LogP contribution in [0.1, 0.15) is 53.5 Å². The van der Waals surface area contributed by atoms with E-state index in [-0.39, 0.29) is 13.1 Å². The van der Waals surface area contributed by atoms with Crippen molar-refractivity contribution in [2.75, 3.05) is 38.8 Å². The predicted octanol–water partition coefficient (Wildman–Crippen LogP) is 6.02. The molecule has 12 heteroatoms. The third-order valence-electron chi connectivity index (χ3n) is 8.58. The number of nitrogens with zero attached hydrogens (tertiary/aromatic N) is 3. The van der Waals surface area contributed by atoms with E-state index in [0.29, 0.717) is 18.9 Å². The molecule has 0 aliphatic carbocycles. The van der Waals surface area contributed by atoms with Crippen LogP contribution < -0.4 is 15.6 Å². The van der Waals surface area contributed by atoms with Crippen LogP contribution in [0.4, 0.5) is 10.5 Å². The van der Waals surface area contributed by atoms with Gasteiger partial charge in [0, 0.05) is 39.2 Å². The maximum atomic E-state index is 14.7. The SMILES string of the molecule is CCOC(OCC)[C@H](C)N(Cc1cccc2ccccc12)C(=O)[C@H](CC(=O)OC(C)(C)C)NC(=O)CN(C)NC(=O)N(C)c1cccc2ccccc12. The number of benzene rings is 4. The van der Waals surface area contributed by atoms with Crippen LogP contribution in [0.15, 0.2) is 84.9 Å². The molecule has 0 spiro atoms. The van der Waals surface area contributed by atoms with Crippen LogP contribution in [0.5, 0.6) is 0 Å². The summed E-state index contributed by atoms with van der Waals surface area (Å²) >= 11 is 0. The van der Waals surface area contributed by atoms with Gasteiger partial charge in [0.1, 0.15) is 11.6 Å². The van der Waals surface area contributed by atoms with Crippen LogP contribution in [-0.2, 0) is 35.1 Å². The largest absolute Gasteiger partial charge is 0.460 e. The van der Waals surface area contributed by atoms with Crippen molar-refractivity contribution in [2.24, 2.45) is 0 Å². The van der Waals surface area contributed by atoms with E-state index in [2.05, 4.69) is 10.7 Å². The molecule has 4 amide bonds. The highest BCUT2D eigenvalue weighted by atomic mass is 16.7. The Bertz CT molecular complexity index is 1860. The molecule has 0 unspecified atom stereocenters. The molecular formula is C41H53N5O7. The molecule has 4 aromatic carbocycles. The van der Waals surface area contributed by atoms with Gasteiger partial charge in [0.15, 0.2) is 6.29 Å². The lowest BCUT2D eigenvalue weighted by molar-refractivity contribution is -0.180. The van der Waals surface area contributed by atoms with E-state index in [1.54, 1.807) is 39.8 Å². The van der Waals surface area contributed by atoms with Crippen LogP contribution in [0, 0.1) is 0 Å². The highest BCUT2D eigenvalue weighted by molar-refractivity contribution is 6.02. The van der Waals surface area contributed by atoms with Crippen LogP contribution in [0.3, 0.4) is 0 Å². The van der Waals surface area contributed by atoms with Crippen molar-refractivity contribution in [3.63, 3.8) is 0 Å². The highest BCUT2D eigenvalue weighted by Crippen LogP contribution is 2.26. The molecule has 0 heterocycles. The minimum atomic E-state index is -1.30. The van der Waals surface area contributed by atoms with Crippen molar-refractivity contribution >= 4 is 51.0 Å². The maximum Gasteiger partial charge on any atom is 0.336 e. The summed E-state index contributed by atoms with van der Waals surface area (Å²) in [5.74, 6) is -1.76. The first-order chi connectivity index (χ1) is 25.2. The molecule has 0 aliphatic heterocycles. The van der Waals surface area contributed by atoms with Gasteiger partial charge < -0.3 is 24.4 Å². The maximum absolute atomic E-state index is 14.7. The molecule has 0 saturated heterocycles. The minimum Gasteiger partial charge on any atom is -0.460 e. The Kier molecular flexibility index (Phi) is 14.3. The van der Waals surface area contributed by atoms with Crippen LogP contribution in [-0.4, -0.2) is 91.6 Å². The standard InChI is InChI=1S/C41H53N5O7/c1-9-51-39(52-10-2)28(3)46(26-31-21-15-19-29-17-11-13-22-32(29)31)38(49)34(25-37(48)53-41(4,5)6)42-36(47)27-44(7)43-40(50)45(8)35-24-16-20-30-18-12-14-23-33(30)35/h11-24,28,34,39H,9-10,25-27H2,1-8H3,(H,42,47)(H,43,50)/t28-,34-/m0/s1. The Morgan fingerprint density at radius 2 is 1.34 bits per heavy atom. The number of amides is 4. The monoisotopic (exact) mass is 727 g/mol. The number of hydrazine groups is 1. The van der Waals surface area contributed by atoms with Gasteiger partial charge in [-0.25, -0.2) is 9.80 Å². The molecule has 284 valence electrons. The van der Waals surface area contributed by atoms with Gasteiger partial charge in [-0.15, -0.1) is 0 Å². The van der Waals surface area contributed by atoms with E-state index in [1.807, 2.05) is 106 Å². The Balaban J connectivity index is 1.58. The molecule has 4 rings (SSSR count). The zero-order valence-electron chi connectivity index (χ0n) is 32.0. The van der Waals surface area contributed by atoms with Crippen molar-refractivity contribution in [1.82, 2.24) is 20.7 Å². The number of likely N-dealkylation sites (N-methyl/N-ethyl adjacent to an activating group) is 1. The number of hydrogen-bond donors (Lipinski definition) is 2. The predicted molar refractivity (Wildman–Crippen MR) is 207 cm³/mol. The third kappa shape index (κ3) is 11.2. The summed E-state index contributed by atoms with van der Waals surface area (Å²) in [6, 6.07) is 24.8. The number of nitrogens with one attached hydrogen (secondary N) is 2. The summed E-state index contributed by atoms with van der Waals surface area (Å²) in [6.07, 6.45) is -1.20. The van der Waals surface area contributed by atoms with Gasteiger partial charge >= 0.3 is 12.0 Å². The van der Waals surface area contributed by atoms with Crippen molar-refractivity contribution in [1.29, 1.82) is 0 Å². The van der Waals surface area contributed by atoms with Crippen LogP contribution >= 0.6 is 0 Å². The zero-order valence-corrected chi connectivity index (χ0v) is 32.0. The lowest BCUT2D eigenvalue weighted by Gasteiger charge is -2.37. The molecule has 0 aliphatic rings. The van der Waals surface area contributed by atoms with Gasteiger partial charge in [0.2, 0.25) is 11.8 Å². The summed E-state index contributed by atoms with van der Waals surface area (Å²) < 4.78 is 17.4. The Morgan fingerprint density at radius 1 is 0.774 bits per heavy atom. The van der Waals surface area contributed by atoms with E-state index < -0.39 is 54.2 Å². The third-order valence-corrected chi connectivity index (χ3v) is 8.58. The number of ether oxygens (including phenoxy) is 3. The summed E-state index contributed by atoms with van der Waals surface area (Å²) in [5.41, 5.74) is 3.47. The highest BCUT2D eigenvalue weighted by Gasteiger charge is 2.36. The zero-order chi connectivity index (χ0) is 38.7. The van der Waals surface area contributed by atoms with Crippen molar-refractivity contribution < 1.29 is 33.4 Å². The number of hydrogen-bond acceptors (Lipinski definition) is 8. The van der Waals surface area contributed by atoms with Gasteiger partial charge in [0.05, 0.1) is 24.7 Å². The molecule has 2 atom stereocenters. The van der Waals surface area contributed by atoms with Gasteiger partial charge in [-0.2, -0.15) is 0 Å². The molecule has 2 N–H and O–H groups in total. The molecular weight excluding hydrogens is 674 g/mol. The topological polar surface area (TPSA) is 130 Å². The minimum absolute atomic E-state index is 0.148. The molecule has 12 nitrogen and oxygen atoms in total. The number of anilines is 1. The van der Waals surface area contributed by atoms with E-state index in [1.165, 1.54) is 9.91 Å². The second-order valence-electron chi connectivity index (χ2n) is 13.9. The molecule has 0 fully saturated rings. The van der Waals surface area contributed by atoms with E-state index >= 15 is 0 Å². The Morgan fingerprint density at radius 3 is 1.96 bits per heavy atom. The number of carbonyl (C=O) groups excluding carboxylic acids is 4. The molecule has 0 saturated carbocycles. The lowest BCUT2D eigenvalue weighted by atomic mass is 10.0. The molecule has 0 radical (unpaired) electrons. The number of fused-ring (bicyclic) bond motifs is 2. The fourth-order valence-electron chi connectivity index (χ4n) is 6.13. The first kappa shape index (κ1) is 40.7. The number of esters is 1. The van der Waals surface area contributed by atoms with Gasteiger partial charge in [0.25, 0.3) is 0 Å². The average Bonchev–Trinajstić information content (AvgIpc) is 3.11. The van der Waals surface area contributed by atoms with Crippen molar-refractivity contribution in [2.45, 2.75) is 78.5 Å². The van der Waals surface area contributed by atoms with E-state index in [0.717, 1.165) is 27.1 Å². The lowest BCUT2D eigenvalue weighted by Crippen LogP contribution is -2.57. The van der Waals surface area contributed by atoms with Crippen molar-refractivity contribution in [3.05, 3.63) is 90.5 Å². The summed E-state index contributed by atoms with van der Waals surface area (Å²) in [5, 5.41) is 7.94. The van der Waals surface area contributed by atoms with Crippen molar-refractivity contribution in [3.8, 4) is 0 Å². The Hall–Kier alpha value is -5.04. The second kappa shape index (κ2) is 18.6. The fourth-order valence-corrected chi connectivity index (χ4v) is 6.13. The second-order valence-corrected chi connectivity index (χ2v) is 13.9. The summed E-state index contributed by atoms with van der Waals surface area (Å²) in [4.78, 5) is 57.9. The van der Waals surface area contributed by atoms with Gasteiger partial charge in [-0.3, -0.25) is 24.7 Å². The number of rotatable bonds is 16. The number of urea groups is 1. The molecule has 53 heavy (non-hydrogen) atoms. The summed E-state index contributed by atoms with van der Waals surface area (Å²) in [7, 11) is 3.19. The first-order valence-corrected chi connectivity index (χ1v) is 18.0.